The Kier molecular flexibility index (Phi) is 4.45. The highest BCUT2D eigenvalue weighted by Crippen LogP contribution is 2.11. The third kappa shape index (κ3) is 4.73. The number of thiophene rings is 1. The SMILES string of the molecule is CC(Cc1cccs1)NS(=O)(=O)CC(=O)O. The lowest BCUT2D eigenvalue weighted by atomic mass is 10.2. The summed E-state index contributed by atoms with van der Waals surface area (Å²) in [5, 5.41) is 10.3. The van der Waals surface area contributed by atoms with Crippen molar-refractivity contribution in [1.29, 1.82) is 0 Å². The Balaban J connectivity index is 2.51. The van der Waals surface area contributed by atoms with Gasteiger partial charge in [-0.15, -0.1) is 11.3 Å². The zero-order valence-corrected chi connectivity index (χ0v) is 10.3. The summed E-state index contributed by atoms with van der Waals surface area (Å²) < 4.78 is 24.9. The highest BCUT2D eigenvalue weighted by atomic mass is 32.2. The van der Waals surface area contributed by atoms with E-state index in [0.29, 0.717) is 6.42 Å². The average Bonchev–Trinajstić information content (AvgIpc) is 2.51. The molecular weight excluding hydrogens is 250 g/mol. The van der Waals surface area contributed by atoms with Gasteiger partial charge in [-0.1, -0.05) is 6.07 Å². The molecule has 16 heavy (non-hydrogen) atoms. The fraction of sp³-hybridized carbons (Fsp3) is 0.444. The normalized spacial score (nSPS) is 13.6. The Morgan fingerprint density at radius 1 is 1.62 bits per heavy atom. The quantitative estimate of drug-likeness (QED) is 0.790. The van der Waals surface area contributed by atoms with Crippen LogP contribution in [0.5, 0.6) is 0 Å². The maximum Gasteiger partial charge on any atom is 0.320 e. The molecule has 0 saturated carbocycles. The Hall–Kier alpha value is -0.920. The van der Waals surface area contributed by atoms with Crippen molar-refractivity contribution in [3.8, 4) is 0 Å². The Bertz CT molecular complexity index is 438. The molecule has 0 radical (unpaired) electrons. The third-order valence-electron chi connectivity index (χ3n) is 1.78. The van der Waals surface area contributed by atoms with Gasteiger partial charge in [-0.2, -0.15) is 0 Å². The second-order valence-corrected chi connectivity index (χ2v) is 6.24. The molecule has 0 fully saturated rings. The Morgan fingerprint density at radius 2 is 2.31 bits per heavy atom. The van der Waals surface area contributed by atoms with Crippen molar-refractivity contribution >= 4 is 27.3 Å². The minimum atomic E-state index is -3.73. The second kappa shape index (κ2) is 5.42. The smallest absolute Gasteiger partial charge is 0.320 e. The van der Waals surface area contributed by atoms with Gasteiger partial charge in [-0.3, -0.25) is 4.79 Å². The number of carbonyl (C=O) groups is 1. The molecule has 7 heteroatoms. The van der Waals surface area contributed by atoms with Gasteiger partial charge < -0.3 is 5.11 Å². The molecule has 5 nitrogen and oxygen atoms in total. The van der Waals surface area contributed by atoms with E-state index in [-0.39, 0.29) is 6.04 Å². The van der Waals surface area contributed by atoms with E-state index in [2.05, 4.69) is 4.72 Å². The Labute approximate surface area is 98.2 Å². The number of rotatable bonds is 6. The van der Waals surface area contributed by atoms with Gasteiger partial charge in [0, 0.05) is 10.9 Å². The van der Waals surface area contributed by atoms with E-state index in [1.54, 1.807) is 18.3 Å². The van der Waals surface area contributed by atoms with E-state index < -0.39 is 21.7 Å². The van der Waals surface area contributed by atoms with Crippen LogP contribution in [0.1, 0.15) is 11.8 Å². The van der Waals surface area contributed by atoms with E-state index in [4.69, 9.17) is 5.11 Å². The molecule has 1 aromatic heterocycles. The van der Waals surface area contributed by atoms with Gasteiger partial charge in [0.05, 0.1) is 0 Å². The molecule has 0 saturated heterocycles. The lowest BCUT2D eigenvalue weighted by molar-refractivity contribution is -0.134. The van der Waals surface area contributed by atoms with Crippen LogP contribution in [0.15, 0.2) is 17.5 Å². The molecule has 0 aromatic carbocycles. The van der Waals surface area contributed by atoms with E-state index in [1.807, 2.05) is 17.5 Å². The Morgan fingerprint density at radius 3 is 2.81 bits per heavy atom. The fourth-order valence-electron chi connectivity index (χ4n) is 1.28. The fourth-order valence-corrected chi connectivity index (χ4v) is 3.22. The van der Waals surface area contributed by atoms with Crippen molar-refractivity contribution in [3.63, 3.8) is 0 Å². The average molecular weight is 263 g/mol. The number of hydrogen-bond donors (Lipinski definition) is 2. The van der Waals surface area contributed by atoms with Gasteiger partial charge in [-0.25, -0.2) is 13.1 Å². The molecule has 0 spiro atoms. The zero-order chi connectivity index (χ0) is 12.2. The van der Waals surface area contributed by atoms with Crippen LogP contribution in [-0.2, 0) is 21.2 Å². The predicted molar refractivity (Wildman–Crippen MR) is 62.0 cm³/mol. The molecule has 0 aliphatic carbocycles. The van der Waals surface area contributed by atoms with Crippen LogP contribution in [0.25, 0.3) is 0 Å². The number of nitrogens with one attached hydrogen (secondary N) is 1. The highest BCUT2D eigenvalue weighted by Gasteiger charge is 2.18. The first-order valence-electron chi connectivity index (χ1n) is 4.63. The van der Waals surface area contributed by atoms with Gasteiger partial charge in [0.15, 0.2) is 5.75 Å². The highest BCUT2D eigenvalue weighted by molar-refractivity contribution is 7.90. The molecule has 0 bridgehead atoms. The molecular formula is C9H13NO4S2. The van der Waals surface area contributed by atoms with Crippen molar-refractivity contribution in [3.05, 3.63) is 22.4 Å². The predicted octanol–water partition coefficient (Wildman–Crippen LogP) is 0.683. The summed E-state index contributed by atoms with van der Waals surface area (Å²) >= 11 is 1.54. The summed E-state index contributed by atoms with van der Waals surface area (Å²) in [6.45, 7) is 1.71. The van der Waals surface area contributed by atoms with Gasteiger partial charge in [0.1, 0.15) is 0 Å². The first-order chi connectivity index (χ1) is 7.39. The molecule has 1 rings (SSSR count). The minimum Gasteiger partial charge on any atom is -0.480 e. The summed E-state index contributed by atoms with van der Waals surface area (Å²) in [7, 11) is -3.73. The molecule has 1 atom stereocenters. The summed E-state index contributed by atoms with van der Waals surface area (Å²) in [4.78, 5) is 11.4. The summed E-state index contributed by atoms with van der Waals surface area (Å²) in [6, 6.07) is 3.49. The van der Waals surface area contributed by atoms with Gasteiger partial charge >= 0.3 is 5.97 Å². The van der Waals surface area contributed by atoms with E-state index in [0.717, 1.165) is 4.88 Å². The molecule has 0 aliphatic rings. The number of hydrogen-bond acceptors (Lipinski definition) is 4. The van der Waals surface area contributed by atoms with Crippen molar-refractivity contribution in [2.24, 2.45) is 0 Å². The van der Waals surface area contributed by atoms with Crippen LogP contribution in [-0.4, -0.2) is 31.3 Å². The number of sulfonamides is 1. The van der Waals surface area contributed by atoms with Gasteiger partial charge in [0.2, 0.25) is 10.0 Å². The van der Waals surface area contributed by atoms with Crippen molar-refractivity contribution in [1.82, 2.24) is 4.72 Å². The summed E-state index contributed by atoms with van der Waals surface area (Å²) in [5.74, 6) is -2.24. The van der Waals surface area contributed by atoms with Crippen molar-refractivity contribution in [2.45, 2.75) is 19.4 Å². The van der Waals surface area contributed by atoms with Crippen LogP contribution < -0.4 is 4.72 Å². The monoisotopic (exact) mass is 263 g/mol. The van der Waals surface area contributed by atoms with Crippen LogP contribution in [0, 0.1) is 0 Å². The molecule has 0 amide bonds. The lowest BCUT2D eigenvalue weighted by Gasteiger charge is -2.11. The number of carboxylic acids is 1. The first kappa shape index (κ1) is 13.1. The number of carboxylic acid groups (broad SMARTS) is 1. The van der Waals surface area contributed by atoms with Gasteiger partial charge in [0.25, 0.3) is 0 Å². The van der Waals surface area contributed by atoms with Gasteiger partial charge in [-0.05, 0) is 24.8 Å². The maximum atomic E-state index is 11.3. The first-order valence-corrected chi connectivity index (χ1v) is 7.16. The van der Waals surface area contributed by atoms with E-state index >= 15 is 0 Å². The van der Waals surface area contributed by atoms with Crippen LogP contribution in [0.4, 0.5) is 0 Å². The standard InChI is InChI=1S/C9H13NO4S2/c1-7(5-8-3-2-4-15-8)10-16(13,14)6-9(11)12/h2-4,7,10H,5-6H2,1H3,(H,11,12). The van der Waals surface area contributed by atoms with Crippen LogP contribution in [0.2, 0.25) is 0 Å². The zero-order valence-electron chi connectivity index (χ0n) is 8.71. The molecule has 1 heterocycles. The maximum absolute atomic E-state index is 11.3. The van der Waals surface area contributed by atoms with Crippen LogP contribution >= 0.6 is 11.3 Å². The topological polar surface area (TPSA) is 83.5 Å². The lowest BCUT2D eigenvalue weighted by Crippen LogP contribution is -2.37. The third-order valence-corrected chi connectivity index (χ3v) is 4.07. The van der Waals surface area contributed by atoms with Crippen molar-refractivity contribution < 1.29 is 18.3 Å². The molecule has 0 aliphatic heterocycles. The van der Waals surface area contributed by atoms with Crippen LogP contribution in [0.3, 0.4) is 0 Å². The van der Waals surface area contributed by atoms with E-state index in [1.165, 1.54) is 0 Å². The largest absolute Gasteiger partial charge is 0.480 e. The molecule has 2 N–H and O–H groups in total. The molecule has 1 aromatic rings. The second-order valence-electron chi connectivity index (χ2n) is 3.46. The minimum absolute atomic E-state index is 0.303. The molecule has 90 valence electrons. The summed E-state index contributed by atoms with van der Waals surface area (Å²) in [5.41, 5.74) is 0. The summed E-state index contributed by atoms with van der Waals surface area (Å²) in [6.07, 6.45) is 0.566. The van der Waals surface area contributed by atoms with E-state index in [9.17, 15) is 13.2 Å². The molecule has 1 unspecified atom stereocenters. The number of aliphatic carboxylic acids is 1. The van der Waals surface area contributed by atoms with Crippen molar-refractivity contribution in [2.75, 3.05) is 5.75 Å².